The number of benzene rings is 2. The van der Waals surface area contributed by atoms with Gasteiger partial charge in [-0.15, -0.1) is 0 Å². The predicted molar refractivity (Wildman–Crippen MR) is 75.4 cm³/mol. The molecular weight excluding hydrogens is 242 g/mol. The summed E-state index contributed by atoms with van der Waals surface area (Å²) in [4.78, 5) is 16.9. The molecule has 0 radical (unpaired) electrons. The summed E-state index contributed by atoms with van der Waals surface area (Å²) < 4.78 is 0. The van der Waals surface area contributed by atoms with Gasteiger partial charge in [-0.3, -0.25) is 10.3 Å². The van der Waals surface area contributed by atoms with Crippen molar-refractivity contribution in [1.82, 2.24) is 0 Å². The monoisotopic (exact) mass is 259 g/mol. The Morgan fingerprint density at radius 1 is 1.16 bits per heavy atom. The lowest BCUT2D eigenvalue weighted by Gasteiger charge is -2.21. The highest BCUT2D eigenvalue weighted by atomic mass is 16.7. The first-order chi connectivity index (χ1) is 8.88. The van der Waals surface area contributed by atoms with Crippen molar-refractivity contribution in [1.29, 1.82) is 0 Å². The molecule has 0 saturated carbocycles. The molecule has 0 atom stereocenters. The van der Waals surface area contributed by atoms with Crippen molar-refractivity contribution in [3.05, 3.63) is 42.0 Å². The van der Waals surface area contributed by atoms with E-state index in [1.165, 1.54) is 0 Å². The molecule has 2 aromatic carbocycles. The van der Waals surface area contributed by atoms with Crippen LogP contribution in [-0.4, -0.2) is 16.7 Å². The summed E-state index contributed by atoms with van der Waals surface area (Å²) in [6, 6.07) is 11.0. The van der Waals surface area contributed by atoms with Gasteiger partial charge in [0.05, 0.1) is 16.9 Å². The average Bonchev–Trinajstić information content (AvgIpc) is 2.34. The van der Waals surface area contributed by atoms with Crippen LogP contribution in [-0.2, 0) is 4.84 Å². The highest BCUT2D eigenvalue weighted by Gasteiger charge is 2.17. The van der Waals surface area contributed by atoms with E-state index in [-0.39, 0.29) is 5.56 Å². The van der Waals surface area contributed by atoms with Crippen LogP contribution in [0, 0.1) is 0 Å². The van der Waals surface area contributed by atoms with Crippen molar-refractivity contribution in [2.45, 2.75) is 26.4 Å². The Labute approximate surface area is 112 Å². The van der Waals surface area contributed by atoms with Gasteiger partial charge in [0, 0.05) is 0 Å². The fourth-order valence-electron chi connectivity index (χ4n) is 1.80. The molecule has 0 spiro atoms. The molecule has 0 aliphatic carbocycles. The van der Waals surface area contributed by atoms with Crippen LogP contribution in [0.2, 0.25) is 0 Å². The normalized spacial score (nSPS) is 11.5. The lowest BCUT2D eigenvalue weighted by Crippen LogP contribution is -2.23. The van der Waals surface area contributed by atoms with Crippen molar-refractivity contribution < 1.29 is 14.7 Å². The molecule has 0 bridgehead atoms. The minimum atomic E-state index is -0.975. The zero-order valence-electron chi connectivity index (χ0n) is 11.2. The number of carboxylic acids is 1. The summed E-state index contributed by atoms with van der Waals surface area (Å²) in [6.07, 6.45) is 0. The molecule has 0 aliphatic rings. The molecule has 0 aromatic heterocycles. The van der Waals surface area contributed by atoms with Crippen molar-refractivity contribution >= 4 is 22.4 Å². The van der Waals surface area contributed by atoms with Gasteiger partial charge >= 0.3 is 5.97 Å². The average molecular weight is 259 g/mol. The number of anilines is 1. The minimum Gasteiger partial charge on any atom is -0.478 e. The third-order valence-electron chi connectivity index (χ3n) is 2.61. The van der Waals surface area contributed by atoms with Crippen LogP contribution in [0.25, 0.3) is 10.8 Å². The van der Waals surface area contributed by atoms with Crippen molar-refractivity contribution in [2.75, 3.05) is 5.48 Å². The van der Waals surface area contributed by atoms with Gasteiger partial charge in [0.2, 0.25) is 0 Å². The minimum absolute atomic E-state index is 0.224. The van der Waals surface area contributed by atoms with Gasteiger partial charge < -0.3 is 5.11 Å². The molecule has 100 valence electrons. The van der Waals surface area contributed by atoms with Crippen molar-refractivity contribution in [2.24, 2.45) is 0 Å². The standard InChI is InChI=1S/C15H17NO3/c1-15(2,3)19-16-12-9-8-10-6-4-5-7-11(10)13(12)14(17)18/h4-9,16H,1-3H3,(H,17,18). The number of fused-ring (bicyclic) bond motifs is 1. The largest absolute Gasteiger partial charge is 0.478 e. The maximum Gasteiger partial charge on any atom is 0.338 e. The SMILES string of the molecule is CC(C)(C)ONc1ccc2ccccc2c1C(=O)O. The predicted octanol–water partition coefficient (Wildman–Crippen LogP) is 3.68. The van der Waals surface area contributed by atoms with E-state index in [1.54, 1.807) is 12.1 Å². The van der Waals surface area contributed by atoms with Gasteiger partial charge in [0.1, 0.15) is 0 Å². The Morgan fingerprint density at radius 3 is 2.47 bits per heavy atom. The lowest BCUT2D eigenvalue weighted by atomic mass is 10.0. The van der Waals surface area contributed by atoms with E-state index in [1.807, 2.05) is 45.0 Å². The molecule has 0 saturated heterocycles. The second-order valence-electron chi connectivity index (χ2n) is 5.33. The highest BCUT2D eigenvalue weighted by Crippen LogP contribution is 2.27. The number of carbonyl (C=O) groups is 1. The molecule has 0 heterocycles. The Balaban J connectivity index is 2.49. The number of hydrogen-bond acceptors (Lipinski definition) is 3. The van der Waals surface area contributed by atoms with Gasteiger partial charge in [0.25, 0.3) is 0 Å². The number of rotatable bonds is 3. The first-order valence-electron chi connectivity index (χ1n) is 6.07. The van der Waals surface area contributed by atoms with E-state index < -0.39 is 11.6 Å². The molecule has 0 fully saturated rings. The molecule has 0 amide bonds. The smallest absolute Gasteiger partial charge is 0.338 e. The van der Waals surface area contributed by atoms with Gasteiger partial charge in [0.15, 0.2) is 0 Å². The Hall–Kier alpha value is -2.07. The molecule has 4 nitrogen and oxygen atoms in total. The fourth-order valence-corrected chi connectivity index (χ4v) is 1.80. The van der Waals surface area contributed by atoms with Gasteiger partial charge in [-0.2, -0.15) is 0 Å². The third-order valence-corrected chi connectivity index (χ3v) is 2.61. The number of aromatic carboxylic acids is 1. The summed E-state index contributed by atoms with van der Waals surface area (Å²) in [5.74, 6) is -0.975. The van der Waals surface area contributed by atoms with Crippen LogP contribution in [0.5, 0.6) is 0 Å². The Bertz CT molecular complexity index is 614. The highest BCUT2D eigenvalue weighted by molar-refractivity contribution is 6.08. The summed E-state index contributed by atoms with van der Waals surface area (Å²) in [6.45, 7) is 5.67. The van der Waals surface area contributed by atoms with Gasteiger partial charge in [-0.1, -0.05) is 30.3 Å². The van der Waals surface area contributed by atoms with Crippen LogP contribution >= 0.6 is 0 Å². The molecule has 0 aliphatic heterocycles. The third kappa shape index (κ3) is 3.03. The van der Waals surface area contributed by atoms with Crippen molar-refractivity contribution in [3.8, 4) is 0 Å². The van der Waals surface area contributed by atoms with Crippen LogP contribution in [0.3, 0.4) is 0 Å². The zero-order valence-corrected chi connectivity index (χ0v) is 11.2. The summed E-state index contributed by atoms with van der Waals surface area (Å²) in [7, 11) is 0. The Kier molecular flexibility index (Phi) is 3.44. The zero-order chi connectivity index (χ0) is 14.0. The van der Waals surface area contributed by atoms with E-state index in [2.05, 4.69) is 5.48 Å². The fraction of sp³-hybridized carbons (Fsp3) is 0.267. The summed E-state index contributed by atoms with van der Waals surface area (Å²) >= 11 is 0. The number of carboxylic acid groups (broad SMARTS) is 1. The molecule has 0 unspecified atom stereocenters. The second-order valence-corrected chi connectivity index (χ2v) is 5.33. The van der Waals surface area contributed by atoms with Crippen LogP contribution in [0.4, 0.5) is 5.69 Å². The summed E-state index contributed by atoms with van der Waals surface area (Å²) in [5, 5.41) is 11.0. The summed E-state index contributed by atoms with van der Waals surface area (Å²) in [5.41, 5.74) is 3.03. The molecule has 2 aromatic rings. The lowest BCUT2D eigenvalue weighted by molar-refractivity contribution is 0.0369. The van der Waals surface area contributed by atoms with Crippen LogP contribution in [0.15, 0.2) is 36.4 Å². The van der Waals surface area contributed by atoms with Gasteiger partial charge in [-0.25, -0.2) is 4.79 Å². The number of hydrogen-bond donors (Lipinski definition) is 2. The maximum absolute atomic E-state index is 11.5. The van der Waals surface area contributed by atoms with E-state index in [9.17, 15) is 9.90 Å². The molecule has 2 rings (SSSR count). The second kappa shape index (κ2) is 4.90. The van der Waals surface area contributed by atoms with E-state index >= 15 is 0 Å². The topological polar surface area (TPSA) is 58.6 Å². The molecule has 19 heavy (non-hydrogen) atoms. The van der Waals surface area contributed by atoms with E-state index in [4.69, 9.17) is 4.84 Å². The van der Waals surface area contributed by atoms with Crippen LogP contribution in [0.1, 0.15) is 31.1 Å². The van der Waals surface area contributed by atoms with E-state index in [0.717, 1.165) is 5.39 Å². The first-order valence-corrected chi connectivity index (χ1v) is 6.07. The maximum atomic E-state index is 11.5. The van der Waals surface area contributed by atoms with Crippen molar-refractivity contribution in [3.63, 3.8) is 0 Å². The Morgan fingerprint density at radius 2 is 1.84 bits per heavy atom. The molecular formula is C15H17NO3. The van der Waals surface area contributed by atoms with Gasteiger partial charge in [-0.05, 0) is 37.6 Å². The first kappa shape index (κ1) is 13.4. The number of nitrogens with one attached hydrogen (secondary N) is 1. The molecule has 2 N–H and O–H groups in total. The quantitative estimate of drug-likeness (QED) is 0.825. The molecule has 4 heteroatoms. The van der Waals surface area contributed by atoms with E-state index in [0.29, 0.717) is 11.1 Å². The van der Waals surface area contributed by atoms with Crippen LogP contribution < -0.4 is 5.48 Å².